The minimum absolute atomic E-state index is 0.0000643. The average molecular weight is 604 g/mol. The number of hydrogen-bond donors (Lipinski definition) is 3. The molecule has 2 fully saturated rings. The van der Waals surface area contributed by atoms with Crippen molar-refractivity contribution >= 4 is 31.6 Å². The van der Waals surface area contributed by atoms with Crippen LogP contribution in [-0.4, -0.2) is 91.0 Å². The first kappa shape index (κ1) is 30.0. The monoisotopic (exact) mass is 603 g/mol. The molecule has 0 saturated carbocycles. The molecule has 2 aliphatic heterocycles. The summed E-state index contributed by atoms with van der Waals surface area (Å²) in [6.07, 6.45) is 0.958. The second kappa shape index (κ2) is 12.3. The number of halogens is 1. The lowest BCUT2D eigenvalue weighted by Gasteiger charge is -2.38. The Labute approximate surface area is 234 Å². The molecule has 39 heavy (non-hydrogen) atoms. The topological polar surface area (TPSA) is 144 Å². The van der Waals surface area contributed by atoms with Crippen LogP contribution in [0.3, 0.4) is 0 Å². The van der Waals surface area contributed by atoms with Gasteiger partial charge in [-0.05, 0) is 56.6 Å². The van der Waals surface area contributed by atoms with Crippen LogP contribution in [0.5, 0.6) is 11.5 Å². The fraction of sp³-hybridized carbons (Fsp3) is 0.520. The van der Waals surface area contributed by atoms with E-state index < -0.39 is 31.8 Å². The van der Waals surface area contributed by atoms with E-state index in [9.17, 15) is 21.9 Å². The van der Waals surface area contributed by atoms with E-state index >= 15 is 0 Å². The number of benzene rings is 2. The minimum Gasteiger partial charge on any atom is -0.495 e. The van der Waals surface area contributed by atoms with Crippen molar-refractivity contribution in [3.63, 3.8) is 0 Å². The fourth-order valence-corrected chi connectivity index (χ4v) is 7.48. The molecule has 11 nitrogen and oxygen atoms in total. The Bertz CT molecular complexity index is 1370. The highest BCUT2D eigenvalue weighted by molar-refractivity contribution is 7.89. The fourth-order valence-electron chi connectivity index (χ4n) is 4.85. The summed E-state index contributed by atoms with van der Waals surface area (Å²) in [4.78, 5) is 0.126. The molecule has 1 spiro atoms. The number of sulfonamides is 2. The molecule has 2 aromatic rings. The molecule has 2 unspecified atom stereocenters. The van der Waals surface area contributed by atoms with Crippen LogP contribution in [0, 0.1) is 0 Å². The number of aliphatic hydroxyl groups excluding tert-OH is 1. The van der Waals surface area contributed by atoms with E-state index in [0.29, 0.717) is 49.7 Å². The van der Waals surface area contributed by atoms with Gasteiger partial charge in [0, 0.05) is 36.8 Å². The van der Waals surface area contributed by atoms with Crippen LogP contribution in [0.1, 0.15) is 19.3 Å². The molecule has 14 heteroatoms. The molecular formula is C25H34ClN3O8S2. The number of piperidine rings is 1. The number of nitrogens with zero attached hydrogens (tertiary/aromatic N) is 1. The van der Waals surface area contributed by atoms with E-state index in [1.165, 1.54) is 36.7 Å². The van der Waals surface area contributed by atoms with Crippen LogP contribution < -0.4 is 19.5 Å². The van der Waals surface area contributed by atoms with Gasteiger partial charge in [-0.25, -0.2) is 21.6 Å². The zero-order valence-electron chi connectivity index (χ0n) is 21.8. The lowest BCUT2D eigenvalue weighted by molar-refractivity contribution is -0.0312. The third kappa shape index (κ3) is 7.03. The number of ether oxygens (including phenoxy) is 3. The van der Waals surface area contributed by atoms with Crippen LogP contribution in [0.25, 0.3) is 0 Å². The highest BCUT2D eigenvalue weighted by Crippen LogP contribution is 2.38. The van der Waals surface area contributed by atoms with Gasteiger partial charge < -0.3 is 24.6 Å². The third-order valence-corrected chi connectivity index (χ3v) is 10.6. The molecule has 2 heterocycles. The van der Waals surface area contributed by atoms with Crippen molar-refractivity contribution in [1.82, 2.24) is 14.3 Å². The molecule has 0 amide bonds. The third-order valence-electron chi connectivity index (χ3n) is 7.06. The molecule has 0 radical (unpaired) electrons. The van der Waals surface area contributed by atoms with E-state index in [4.69, 9.17) is 25.8 Å². The van der Waals surface area contributed by atoms with E-state index in [-0.39, 0.29) is 34.7 Å². The minimum atomic E-state index is -3.78. The first-order valence-electron chi connectivity index (χ1n) is 12.5. The lowest BCUT2D eigenvalue weighted by atomic mass is 9.88. The highest BCUT2D eigenvalue weighted by atomic mass is 35.5. The summed E-state index contributed by atoms with van der Waals surface area (Å²) >= 11 is 6.05. The lowest BCUT2D eigenvalue weighted by Crippen LogP contribution is -2.47. The van der Waals surface area contributed by atoms with Crippen molar-refractivity contribution in [1.29, 1.82) is 0 Å². The maximum absolute atomic E-state index is 13.3. The van der Waals surface area contributed by atoms with Gasteiger partial charge in [-0.2, -0.15) is 4.31 Å². The number of methoxy groups -OCH3 is 1. The van der Waals surface area contributed by atoms with Crippen LogP contribution in [0.15, 0.2) is 52.3 Å². The second-order valence-electron chi connectivity index (χ2n) is 9.65. The van der Waals surface area contributed by atoms with Crippen LogP contribution in [0.2, 0.25) is 5.02 Å². The van der Waals surface area contributed by atoms with Crippen molar-refractivity contribution < 1.29 is 36.2 Å². The highest BCUT2D eigenvalue weighted by Gasteiger charge is 2.45. The smallest absolute Gasteiger partial charge is 0.246 e. The van der Waals surface area contributed by atoms with Crippen LogP contribution in [0.4, 0.5) is 0 Å². The molecule has 4 rings (SSSR count). The van der Waals surface area contributed by atoms with Gasteiger partial charge in [-0.3, -0.25) is 0 Å². The first-order valence-corrected chi connectivity index (χ1v) is 15.8. The summed E-state index contributed by atoms with van der Waals surface area (Å²) in [6, 6.07) is 10.6. The Morgan fingerprint density at radius 1 is 1.18 bits per heavy atom. The molecule has 0 aliphatic carbocycles. The molecule has 2 saturated heterocycles. The summed E-state index contributed by atoms with van der Waals surface area (Å²) in [6.45, 7) is 1.31. The van der Waals surface area contributed by atoms with Gasteiger partial charge in [0.05, 0.1) is 24.2 Å². The van der Waals surface area contributed by atoms with Gasteiger partial charge in [-0.15, -0.1) is 0 Å². The molecule has 2 aliphatic rings. The summed E-state index contributed by atoms with van der Waals surface area (Å²) in [7, 11) is -4.62. The standard InChI is InChI=1S/C25H34ClN3O8S2/c1-27-38(31,32)22-5-3-4-21(13-22)36-17-20(30)15-28-19-14-25(37-16-19)8-10-29(11-9-25)39(33,34)24-12-18(26)6-7-23(24)35-2/h3-7,12-13,19-20,27-28,30H,8-11,14-17H2,1-2H3. The van der Waals surface area contributed by atoms with Crippen LogP contribution >= 0.6 is 11.6 Å². The van der Waals surface area contributed by atoms with Crippen molar-refractivity contribution in [3.8, 4) is 11.5 Å². The Morgan fingerprint density at radius 2 is 1.92 bits per heavy atom. The summed E-state index contributed by atoms with van der Waals surface area (Å²) < 4.78 is 71.1. The van der Waals surface area contributed by atoms with Crippen molar-refractivity contribution in [2.75, 3.05) is 47.0 Å². The molecule has 216 valence electrons. The maximum atomic E-state index is 13.3. The SMILES string of the molecule is CNS(=O)(=O)c1cccc(OCC(O)CNC2COC3(CCN(S(=O)(=O)c4cc(Cl)ccc4OC)CC3)C2)c1. The Morgan fingerprint density at radius 3 is 2.62 bits per heavy atom. The van der Waals surface area contributed by atoms with Gasteiger partial charge >= 0.3 is 0 Å². The second-order valence-corrected chi connectivity index (χ2v) is 13.9. The first-order chi connectivity index (χ1) is 18.5. The predicted octanol–water partition coefficient (Wildman–Crippen LogP) is 1.60. The summed E-state index contributed by atoms with van der Waals surface area (Å²) in [5.41, 5.74) is -0.428. The van der Waals surface area contributed by atoms with E-state index in [0.717, 1.165) is 0 Å². The van der Waals surface area contributed by atoms with Gasteiger partial charge in [-0.1, -0.05) is 17.7 Å². The summed E-state index contributed by atoms with van der Waals surface area (Å²) in [5.74, 6) is 0.588. The molecular weight excluding hydrogens is 570 g/mol. The number of aliphatic hydroxyl groups is 1. The Kier molecular flexibility index (Phi) is 9.44. The van der Waals surface area contributed by atoms with E-state index in [1.807, 2.05) is 0 Å². The number of rotatable bonds is 11. The van der Waals surface area contributed by atoms with Crippen molar-refractivity contribution in [2.24, 2.45) is 0 Å². The zero-order chi connectivity index (χ0) is 28.3. The van der Waals surface area contributed by atoms with E-state index in [1.54, 1.807) is 24.3 Å². The van der Waals surface area contributed by atoms with E-state index in [2.05, 4.69) is 10.0 Å². The van der Waals surface area contributed by atoms with Gasteiger partial charge in [0.1, 0.15) is 29.1 Å². The Balaban J connectivity index is 1.25. The largest absolute Gasteiger partial charge is 0.495 e. The molecule has 3 N–H and O–H groups in total. The Hall–Kier alpha value is -1.97. The van der Waals surface area contributed by atoms with Gasteiger partial charge in [0.15, 0.2) is 0 Å². The summed E-state index contributed by atoms with van der Waals surface area (Å²) in [5, 5.41) is 14.0. The average Bonchev–Trinajstić information content (AvgIpc) is 3.33. The number of nitrogens with one attached hydrogen (secondary N) is 2. The van der Waals surface area contributed by atoms with Crippen molar-refractivity contribution in [3.05, 3.63) is 47.5 Å². The van der Waals surface area contributed by atoms with Gasteiger partial charge in [0.25, 0.3) is 0 Å². The van der Waals surface area contributed by atoms with Gasteiger partial charge in [0.2, 0.25) is 20.0 Å². The normalized spacial score (nSPS) is 20.7. The quantitative estimate of drug-likeness (QED) is 0.349. The molecule has 0 bridgehead atoms. The molecule has 2 aromatic carbocycles. The van der Waals surface area contributed by atoms with Crippen molar-refractivity contribution in [2.45, 2.75) is 46.8 Å². The molecule has 2 atom stereocenters. The molecule has 0 aromatic heterocycles. The van der Waals surface area contributed by atoms with Crippen LogP contribution in [-0.2, 0) is 24.8 Å². The zero-order valence-corrected chi connectivity index (χ0v) is 24.2. The predicted molar refractivity (Wildman–Crippen MR) is 145 cm³/mol. The number of hydrogen-bond acceptors (Lipinski definition) is 9. The maximum Gasteiger partial charge on any atom is 0.246 e.